The first-order valence-corrected chi connectivity index (χ1v) is 8.45. The third kappa shape index (κ3) is 15.5. The van der Waals surface area contributed by atoms with Crippen molar-refractivity contribution in [2.75, 3.05) is 13.2 Å². The summed E-state index contributed by atoms with van der Waals surface area (Å²) in [6, 6.07) is 5.48. The number of hydrogen-bond donors (Lipinski definition) is 6. The fourth-order valence-electron chi connectivity index (χ4n) is 1.66. The van der Waals surface area contributed by atoms with E-state index in [4.69, 9.17) is 30.6 Å². The first-order chi connectivity index (χ1) is 12.3. The van der Waals surface area contributed by atoms with E-state index in [0.29, 0.717) is 6.42 Å². The van der Waals surface area contributed by atoms with E-state index < -0.39 is 18.2 Å². The second kappa shape index (κ2) is 17.8. The van der Waals surface area contributed by atoms with Crippen molar-refractivity contribution in [1.82, 2.24) is 0 Å². The first kappa shape index (κ1) is 26.2. The Morgan fingerprint density at radius 3 is 1.54 bits per heavy atom. The van der Waals surface area contributed by atoms with Gasteiger partial charge in [-0.25, -0.2) is 9.59 Å². The van der Waals surface area contributed by atoms with Gasteiger partial charge in [-0.2, -0.15) is 0 Å². The predicted molar refractivity (Wildman–Crippen MR) is 96.1 cm³/mol. The predicted octanol–water partition coefficient (Wildman–Crippen LogP) is 1.71. The lowest BCUT2D eigenvalue weighted by molar-refractivity contribution is -0.0465. The molecule has 0 fully saturated rings. The van der Waals surface area contributed by atoms with Crippen molar-refractivity contribution in [1.29, 1.82) is 0 Å². The average molecular weight is 374 g/mol. The summed E-state index contributed by atoms with van der Waals surface area (Å²) in [5.41, 5.74) is -0.380. The van der Waals surface area contributed by atoms with E-state index in [1.807, 2.05) is 0 Å². The molecule has 8 nitrogen and oxygen atoms in total. The molecule has 150 valence electrons. The standard InChI is InChI=1S/C8H6O4.C6H14O2.C4H10O2/c9-7(10)5-3-1-2-4-6(5)8(11)12;1-2-3-4-5-6(7)8;5-3-1-2-4-6/h1-4H,(H,9,10)(H,11,12);6-8H,2-5H2,1H3;5-6H,1-4H2. The highest BCUT2D eigenvalue weighted by Crippen LogP contribution is 2.07. The molecule has 1 rings (SSSR count). The van der Waals surface area contributed by atoms with E-state index >= 15 is 0 Å². The van der Waals surface area contributed by atoms with E-state index in [2.05, 4.69) is 6.92 Å². The van der Waals surface area contributed by atoms with Crippen LogP contribution < -0.4 is 0 Å². The topological polar surface area (TPSA) is 156 Å². The van der Waals surface area contributed by atoms with Crippen molar-refractivity contribution in [3.05, 3.63) is 35.4 Å². The molecular weight excluding hydrogens is 344 g/mol. The number of carbonyl (C=O) groups is 2. The molecule has 1 aromatic carbocycles. The molecule has 0 saturated carbocycles. The molecule has 0 saturated heterocycles. The molecular formula is C18H30O8. The van der Waals surface area contributed by atoms with Crippen LogP contribution in [0.1, 0.15) is 66.2 Å². The maximum Gasteiger partial charge on any atom is 0.336 e. The zero-order chi connectivity index (χ0) is 20.4. The maximum absolute atomic E-state index is 10.5. The molecule has 0 aliphatic rings. The summed E-state index contributed by atoms with van der Waals surface area (Å²) >= 11 is 0. The summed E-state index contributed by atoms with van der Waals surface area (Å²) in [4.78, 5) is 20.9. The smallest absolute Gasteiger partial charge is 0.336 e. The molecule has 0 spiro atoms. The number of aliphatic hydroxyl groups excluding tert-OH is 3. The van der Waals surface area contributed by atoms with E-state index in [0.717, 1.165) is 32.1 Å². The van der Waals surface area contributed by atoms with Crippen molar-refractivity contribution in [3.63, 3.8) is 0 Å². The van der Waals surface area contributed by atoms with Crippen LogP contribution in [0.4, 0.5) is 0 Å². The number of benzene rings is 1. The largest absolute Gasteiger partial charge is 0.478 e. The Kier molecular flexibility index (Phi) is 18.0. The Balaban J connectivity index is 0. The molecule has 0 aliphatic carbocycles. The minimum Gasteiger partial charge on any atom is -0.478 e. The van der Waals surface area contributed by atoms with Gasteiger partial charge in [-0.05, 0) is 37.8 Å². The number of aliphatic hydroxyl groups is 4. The first-order valence-electron chi connectivity index (χ1n) is 8.45. The van der Waals surface area contributed by atoms with Crippen LogP contribution in [0.2, 0.25) is 0 Å². The molecule has 0 radical (unpaired) electrons. The summed E-state index contributed by atoms with van der Waals surface area (Å²) in [6.45, 7) is 2.48. The van der Waals surface area contributed by atoms with Crippen LogP contribution in [-0.4, -0.2) is 62.1 Å². The number of unbranched alkanes of at least 4 members (excludes halogenated alkanes) is 3. The van der Waals surface area contributed by atoms with Gasteiger partial charge in [0.15, 0.2) is 6.29 Å². The van der Waals surface area contributed by atoms with Crippen molar-refractivity contribution < 1.29 is 40.2 Å². The van der Waals surface area contributed by atoms with Crippen LogP contribution in [0.5, 0.6) is 0 Å². The van der Waals surface area contributed by atoms with Crippen LogP contribution >= 0.6 is 0 Å². The van der Waals surface area contributed by atoms with Crippen molar-refractivity contribution in [2.45, 2.75) is 51.7 Å². The number of carboxylic acid groups (broad SMARTS) is 2. The van der Waals surface area contributed by atoms with Crippen molar-refractivity contribution in [3.8, 4) is 0 Å². The third-order valence-electron chi connectivity index (χ3n) is 3.02. The molecule has 0 amide bonds. The minimum absolute atomic E-state index is 0.190. The molecule has 8 heteroatoms. The summed E-state index contributed by atoms with van der Waals surface area (Å²) in [7, 11) is 0. The fraction of sp³-hybridized carbons (Fsp3) is 0.556. The summed E-state index contributed by atoms with van der Waals surface area (Å²) in [5.74, 6) is -2.46. The van der Waals surface area contributed by atoms with Crippen LogP contribution in [-0.2, 0) is 0 Å². The van der Waals surface area contributed by atoms with Gasteiger partial charge in [-0.3, -0.25) is 0 Å². The zero-order valence-corrected chi connectivity index (χ0v) is 15.0. The highest BCUT2D eigenvalue weighted by atomic mass is 16.5. The highest BCUT2D eigenvalue weighted by molar-refractivity contribution is 6.01. The highest BCUT2D eigenvalue weighted by Gasteiger charge is 2.13. The quantitative estimate of drug-likeness (QED) is 0.282. The molecule has 0 bridgehead atoms. The van der Waals surface area contributed by atoms with Crippen LogP contribution in [0, 0.1) is 0 Å². The van der Waals surface area contributed by atoms with Gasteiger partial charge in [-0.15, -0.1) is 0 Å². The Bertz CT molecular complexity index is 451. The van der Waals surface area contributed by atoms with Crippen LogP contribution in [0.15, 0.2) is 24.3 Å². The van der Waals surface area contributed by atoms with Crippen molar-refractivity contribution >= 4 is 11.9 Å². The monoisotopic (exact) mass is 374 g/mol. The summed E-state index contributed by atoms with van der Waals surface area (Å²) in [5, 5.41) is 49.9. The van der Waals surface area contributed by atoms with Gasteiger partial charge in [0.2, 0.25) is 0 Å². The molecule has 6 N–H and O–H groups in total. The fourth-order valence-corrected chi connectivity index (χ4v) is 1.66. The second-order valence-corrected chi connectivity index (χ2v) is 5.29. The molecule has 0 aromatic heterocycles. The van der Waals surface area contributed by atoms with Gasteiger partial charge in [0.05, 0.1) is 11.1 Å². The van der Waals surface area contributed by atoms with Crippen molar-refractivity contribution in [2.24, 2.45) is 0 Å². The van der Waals surface area contributed by atoms with Gasteiger partial charge < -0.3 is 30.6 Å². The lowest BCUT2D eigenvalue weighted by Crippen LogP contribution is -2.06. The Labute approximate surface area is 153 Å². The van der Waals surface area contributed by atoms with Gasteiger partial charge >= 0.3 is 11.9 Å². The lowest BCUT2D eigenvalue weighted by Gasteiger charge is -1.99. The van der Waals surface area contributed by atoms with Crippen LogP contribution in [0.25, 0.3) is 0 Å². The maximum atomic E-state index is 10.5. The second-order valence-electron chi connectivity index (χ2n) is 5.29. The molecule has 26 heavy (non-hydrogen) atoms. The SMILES string of the molecule is CCCCCC(O)O.O=C(O)c1ccccc1C(=O)O.OCCCCO. The van der Waals surface area contributed by atoms with Gasteiger partial charge in [-0.1, -0.05) is 31.9 Å². The molecule has 0 heterocycles. The molecule has 0 aliphatic heterocycles. The number of rotatable bonds is 9. The zero-order valence-electron chi connectivity index (χ0n) is 15.0. The molecule has 0 unspecified atom stereocenters. The number of carboxylic acids is 2. The third-order valence-corrected chi connectivity index (χ3v) is 3.02. The van der Waals surface area contributed by atoms with Gasteiger partial charge in [0.25, 0.3) is 0 Å². The summed E-state index contributed by atoms with van der Waals surface area (Å²) in [6.07, 6.45) is 4.01. The molecule has 0 atom stereocenters. The minimum atomic E-state index is -1.23. The lowest BCUT2D eigenvalue weighted by atomic mass is 10.1. The average Bonchev–Trinajstić information content (AvgIpc) is 2.61. The van der Waals surface area contributed by atoms with Crippen LogP contribution in [0.3, 0.4) is 0 Å². The number of aromatic carboxylic acids is 2. The Morgan fingerprint density at radius 2 is 1.27 bits per heavy atom. The van der Waals surface area contributed by atoms with E-state index in [1.165, 1.54) is 24.3 Å². The van der Waals surface area contributed by atoms with Gasteiger partial charge in [0, 0.05) is 13.2 Å². The number of hydrogen-bond acceptors (Lipinski definition) is 6. The van der Waals surface area contributed by atoms with Gasteiger partial charge in [0.1, 0.15) is 0 Å². The van der Waals surface area contributed by atoms with E-state index in [-0.39, 0.29) is 24.3 Å². The Morgan fingerprint density at radius 1 is 0.846 bits per heavy atom. The normalized spacial score (nSPS) is 9.62. The molecule has 1 aromatic rings. The van der Waals surface area contributed by atoms with E-state index in [1.54, 1.807) is 0 Å². The summed E-state index contributed by atoms with van der Waals surface area (Å²) < 4.78 is 0. The van der Waals surface area contributed by atoms with E-state index in [9.17, 15) is 9.59 Å². The Hall–Kier alpha value is -2.00.